The summed E-state index contributed by atoms with van der Waals surface area (Å²) in [5.41, 5.74) is 1.19. The number of para-hydroxylation sites is 1. The summed E-state index contributed by atoms with van der Waals surface area (Å²) in [6.07, 6.45) is 3.81. The Bertz CT molecular complexity index is 509. The minimum atomic E-state index is 0. The first kappa shape index (κ1) is 17.1. The van der Waals surface area contributed by atoms with Crippen LogP contribution in [0.25, 0.3) is 0 Å². The van der Waals surface area contributed by atoms with E-state index in [-0.39, 0.29) is 18.3 Å². The Morgan fingerprint density at radius 2 is 2.18 bits per heavy atom. The highest BCUT2D eigenvalue weighted by Crippen LogP contribution is 2.35. The predicted molar refractivity (Wildman–Crippen MR) is 89.8 cm³/mol. The molecule has 2 aliphatic heterocycles. The fourth-order valence-corrected chi connectivity index (χ4v) is 3.41. The molecule has 0 radical (unpaired) electrons. The number of nitrogens with one attached hydrogen (secondary N) is 1. The second-order valence-electron chi connectivity index (χ2n) is 6.04. The monoisotopic (exact) mass is 324 g/mol. The van der Waals surface area contributed by atoms with Crippen LogP contribution in [-0.2, 0) is 4.79 Å². The van der Waals surface area contributed by atoms with Crippen LogP contribution in [0, 0.1) is 0 Å². The first-order chi connectivity index (χ1) is 10.3. The van der Waals surface area contributed by atoms with Crippen LogP contribution in [-0.4, -0.2) is 43.6 Å². The maximum atomic E-state index is 12.6. The van der Waals surface area contributed by atoms with Crippen molar-refractivity contribution in [3.63, 3.8) is 0 Å². The van der Waals surface area contributed by atoms with E-state index in [1.54, 1.807) is 0 Å². The van der Waals surface area contributed by atoms with Crippen molar-refractivity contribution in [2.75, 3.05) is 26.7 Å². The molecule has 0 aromatic heterocycles. The van der Waals surface area contributed by atoms with E-state index in [1.165, 1.54) is 12.0 Å². The topological polar surface area (TPSA) is 41.6 Å². The first-order valence-electron chi connectivity index (χ1n) is 7.94. The number of ether oxygens (including phenoxy) is 1. The standard InChI is InChI=1S/C17H24N2O2.ClH/c1-18-14-5-4-9-19(12-14)17(20)11-13-8-10-21-16-7-3-2-6-15(13)16;/h2-3,6-7,13-14,18H,4-5,8-12H2,1H3;1H. The lowest BCUT2D eigenvalue weighted by molar-refractivity contribution is -0.133. The van der Waals surface area contributed by atoms with Gasteiger partial charge in [-0.2, -0.15) is 0 Å². The third-order valence-corrected chi connectivity index (χ3v) is 4.69. The van der Waals surface area contributed by atoms with Crippen LogP contribution in [0.5, 0.6) is 5.75 Å². The molecule has 1 aromatic rings. The molecule has 2 unspecified atom stereocenters. The minimum Gasteiger partial charge on any atom is -0.493 e. The Balaban J connectivity index is 0.00000176. The molecule has 2 heterocycles. The van der Waals surface area contributed by atoms with Gasteiger partial charge in [0.25, 0.3) is 0 Å². The number of carbonyl (C=O) groups excluding carboxylic acids is 1. The Labute approximate surface area is 138 Å². The normalized spacial score (nSPS) is 24.0. The number of rotatable bonds is 3. The van der Waals surface area contributed by atoms with Gasteiger partial charge in [0, 0.05) is 25.6 Å². The van der Waals surface area contributed by atoms with Gasteiger partial charge in [0.15, 0.2) is 0 Å². The van der Waals surface area contributed by atoms with Crippen LogP contribution in [0.4, 0.5) is 0 Å². The minimum absolute atomic E-state index is 0. The molecular weight excluding hydrogens is 300 g/mol. The van der Waals surface area contributed by atoms with Gasteiger partial charge in [0.1, 0.15) is 5.75 Å². The average molecular weight is 325 g/mol. The molecule has 1 saturated heterocycles. The first-order valence-corrected chi connectivity index (χ1v) is 7.94. The molecule has 22 heavy (non-hydrogen) atoms. The Morgan fingerprint density at radius 1 is 1.36 bits per heavy atom. The van der Waals surface area contributed by atoms with Crippen LogP contribution >= 0.6 is 12.4 Å². The summed E-state index contributed by atoms with van der Waals surface area (Å²) in [6.45, 7) is 2.47. The lowest BCUT2D eigenvalue weighted by atomic mass is 9.89. The van der Waals surface area contributed by atoms with Crippen LogP contribution in [0.3, 0.4) is 0 Å². The number of likely N-dealkylation sites (tertiary alicyclic amines) is 1. The molecule has 122 valence electrons. The number of fused-ring (bicyclic) bond motifs is 1. The molecule has 0 saturated carbocycles. The van der Waals surface area contributed by atoms with E-state index in [2.05, 4.69) is 11.4 Å². The number of hydrogen-bond donors (Lipinski definition) is 1. The zero-order chi connectivity index (χ0) is 14.7. The molecule has 2 atom stereocenters. The summed E-state index contributed by atoms with van der Waals surface area (Å²) in [5.74, 6) is 1.54. The highest BCUT2D eigenvalue weighted by Gasteiger charge is 2.28. The average Bonchev–Trinajstić information content (AvgIpc) is 2.55. The molecule has 4 nitrogen and oxygen atoms in total. The van der Waals surface area contributed by atoms with Crippen molar-refractivity contribution in [3.8, 4) is 5.75 Å². The molecule has 1 N–H and O–H groups in total. The van der Waals surface area contributed by atoms with Crippen molar-refractivity contribution in [3.05, 3.63) is 29.8 Å². The zero-order valence-electron chi connectivity index (χ0n) is 13.1. The quantitative estimate of drug-likeness (QED) is 0.929. The molecule has 2 aliphatic rings. The van der Waals surface area contributed by atoms with Gasteiger partial charge in [-0.3, -0.25) is 4.79 Å². The van der Waals surface area contributed by atoms with Crippen molar-refractivity contribution in [2.45, 2.75) is 37.6 Å². The van der Waals surface area contributed by atoms with Gasteiger partial charge >= 0.3 is 0 Å². The predicted octanol–water partition coefficient (Wildman–Crippen LogP) is 2.58. The van der Waals surface area contributed by atoms with Crippen LogP contribution in [0.1, 0.15) is 37.2 Å². The number of carbonyl (C=O) groups is 1. The molecule has 0 aliphatic carbocycles. The molecule has 0 spiro atoms. The Hall–Kier alpha value is -1.26. The van der Waals surface area contributed by atoms with E-state index in [4.69, 9.17) is 4.74 Å². The van der Waals surface area contributed by atoms with E-state index >= 15 is 0 Å². The van der Waals surface area contributed by atoms with Crippen molar-refractivity contribution >= 4 is 18.3 Å². The van der Waals surface area contributed by atoms with Gasteiger partial charge < -0.3 is 15.0 Å². The fraction of sp³-hybridized carbons (Fsp3) is 0.588. The lowest BCUT2D eigenvalue weighted by Gasteiger charge is -2.34. The zero-order valence-corrected chi connectivity index (χ0v) is 13.9. The molecule has 5 heteroatoms. The van der Waals surface area contributed by atoms with Gasteiger partial charge in [-0.1, -0.05) is 18.2 Å². The number of piperidine rings is 1. The van der Waals surface area contributed by atoms with Crippen molar-refractivity contribution in [1.82, 2.24) is 10.2 Å². The van der Waals surface area contributed by atoms with Gasteiger partial charge in [-0.05, 0) is 43.9 Å². The summed E-state index contributed by atoms with van der Waals surface area (Å²) in [4.78, 5) is 14.6. The summed E-state index contributed by atoms with van der Waals surface area (Å²) < 4.78 is 5.68. The second-order valence-corrected chi connectivity index (χ2v) is 6.04. The van der Waals surface area contributed by atoms with Crippen LogP contribution in [0.2, 0.25) is 0 Å². The molecule has 1 amide bonds. The van der Waals surface area contributed by atoms with Gasteiger partial charge in [0.2, 0.25) is 5.91 Å². The van der Waals surface area contributed by atoms with E-state index in [9.17, 15) is 4.79 Å². The second kappa shape index (κ2) is 7.84. The summed E-state index contributed by atoms with van der Waals surface area (Å²) in [7, 11) is 1.98. The molecule has 1 fully saturated rings. The lowest BCUT2D eigenvalue weighted by Crippen LogP contribution is -2.47. The molecular formula is C17H25ClN2O2. The number of hydrogen-bond acceptors (Lipinski definition) is 3. The molecule has 1 aromatic carbocycles. The van der Waals surface area contributed by atoms with Gasteiger partial charge in [-0.25, -0.2) is 0 Å². The van der Waals surface area contributed by atoms with Gasteiger partial charge in [0.05, 0.1) is 6.61 Å². The smallest absolute Gasteiger partial charge is 0.223 e. The van der Waals surface area contributed by atoms with Crippen molar-refractivity contribution < 1.29 is 9.53 Å². The highest BCUT2D eigenvalue weighted by molar-refractivity contribution is 5.85. The number of benzene rings is 1. The summed E-state index contributed by atoms with van der Waals surface area (Å²) in [6, 6.07) is 8.57. The van der Waals surface area contributed by atoms with Crippen LogP contribution in [0.15, 0.2) is 24.3 Å². The third-order valence-electron chi connectivity index (χ3n) is 4.69. The number of likely N-dealkylation sites (N-methyl/N-ethyl adjacent to an activating group) is 1. The highest BCUT2D eigenvalue weighted by atomic mass is 35.5. The SMILES string of the molecule is CNC1CCCN(C(=O)CC2CCOc3ccccc32)C1.Cl. The number of amides is 1. The Kier molecular flexibility index (Phi) is 6.09. The summed E-state index contributed by atoms with van der Waals surface area (Å²) >= 11 is 0. The molecule has 3 rings (SSSR count). The molecule has 0 bridgehead atoms. The van der Waals surface area contributed by atoms with E-state index < -0.39 is 0 Å². The largest absolute Gasteiger partial charge is 0.493 e. The number of nitrogens with zero attached hydrogens (tertiary/aromatic N) is 1. The maximum absolute atomic E-state index is 12.6. The maximum Gasteiger partial charge on any atom is 0.223 e. The van der Waals surface area contributed by atoms with E-state index in [0.29, 0.717) is 25.0 Å². The van der Waals surface area contributed by atoms with Crippen molar-refractivity contribution in [1.29, 1.82) is 0 Å². The van der Waals surface area contributed by atoms with E-state index in [1.807, 2.05) is 30.1 Å². The summed E-state index contributed by atoms with van der Waals surface area (Å²) in [5, 5.41) is 3.29. The Morgan fingerprint density at radius 3 is 3.00 bits per heavy atom. The number of halogens is 1. The fourth-order valence-electron chi connectivity index (χ4n) is 3.41. The van der Waals surface area contributed by atoms with E-state index in [0.717, 1.165) is 31.7 Å². The van der Waals surface area contributed by atoms with Crippen molar-refractivity contribution in [2.24, 2.45) is 0 Å². The van der Waals surface area contributed by atoms with Crippen LogP contribution < -0.4 is 10.1 Å². The van der Waals surface area contributed by atoms with Gasteiger partial charge in [-0.15, -0.1) is 12.4 Å². The third kappa shape index (κ3) is 3.73.